The van der Waals surface area contributed by atoms with Gasteiger partial charge >= 0.3 is 0 Å². The molecule has 0 aromatic carbocycles. The molecule has 0 unspecified atom stereocenters. The van der Waals surface area contributed by atoms with Crippen molar-refractivity contribution in [2.24, 2.45) is 0 Å². The molecule has 15 heavy (non-hydrogen) atoms. The minimum absolute atomic E-state index is 0.0123. The van der Waals surface area contributed by atoms with Crippen molar-refractivity contribution < 1.29 is 4.39 Å². The van der Waals surface area contributed by atoms with E-state index in [1.54, 1.807) is 0 Å². The van der Waals surface area contributed by atoms with Crippen LogP contribution in [0.25, 0.3) is 11.4 Å². The third-order valence-electron chi connectivity index (χ3n) is 1.63. The summed E-state index contributed by atoms with van der Waals surface area (Å²) >= 11 is 0. The molecular formula is C8H7FN6. The van der Waals surface area contributed by atoms with Gasteiger partial charge < -0.3 is 11.5 Å². The van der Waals surface area contributed by atoms with Gasteiger partial charge in [-0.3, -0.25) is 4.98 Å². The molecule has 2 aromatic rings. The van der Waals surface area contributed by atoms with Crippen molar-refractivity contribution in [3.63, 3.8) is 0 Å². The predicted octanol–water partition coefficient (Wildman–Crippen LogP) is 0.237. The Morgan fingerprint density at radius 3 is 2.27 bits per heavy atom. The lowest BCUT2D eigenvalue weighted by Crippen LogP contribution is -2.04. The lowest BCUT2D eigenvalue weighted by atomic mass is 10.2. The molecule has 2 heterocycles. The highest BCUT2D eigenvalue weighted by Gasteiger charge is 2.05. The highest BCUT2D eigenvalue weighted by Crippen LogP contribution is 2.15. The Balaban J connectivity index is 2.54. The molecule has 6 nitrogen and oxygen atoms in total. The van der Waals surface area contributed by atoms with Gasteiger partial charge in [0.2, 0.25) is 11.9 Å². The fourth-order valence-corrected chi connectivity index (χ4v) is 1.07. The van der Waals surface area contributed by atoms with E-state index in [0.717, 1.165) is 6.20 Å². The first-order valence-corrected chi connectivity index (χ1v) is 4.03. The molecule has 0 fully saturated rings. The molecule has 0 radical (unpaired) electrons. The summed E-state index contributed by atoms with van der Waals surface area (Å²) in [7, 11) is 0. The van der Waals surface area contributed by atoms with Crippen LogP contribution in [0.1, 0.15) is 0 Å². The number of nitrogen functional groups attached to an aromatic ring is 2. The SMILES string of the molecule is Nc1nc(N)nc(-c2cncc(F)c2)n1. The van der Waals surface area contributed by atoms with E-state index >= 15 is 0 Å². The molecular weight excluding hydrogens is 199 g/mol. The van der Waals surface area contributed by atoms with E-state index in [9.17, 15) is 4.39 Å². The molecule has 0 atom stereocenters. The number of hydrogen-bond acceptors (Lipinski definition) is 6. The molecule has 7 heteroatoms. The Hall–Kier alpha value is -2.31. The van der Waals surface area contributed by atoms with Gasteiger partial charge in [-0.2, -0.15) is 15.0 Å². The molecule has 0 saturated carbocycles. The molecule has 0 aliphatic carbocycles. The number of pyridine rings is 1. The van der Waals surface area contributed by atoms with Crippen LogP contribution in [0.2, 0.25) is 0 Å². The molecule has 4 N–H and O–H groups in total. The van der Waals surface area contributed by atoms with E-state index in [0.29, 0.717) is 5.56 Å². The number of rotatable bonds is 1. The average Bonchev–Trinajstić information content (AvgIpc) is 2.16. The Kier molecular flexibility index (Phi) is 2.13. The van der Waals surface area contributed by atoms with Crippen LogP contribution < -0.4 is 11.5 Å². The summed E-state index contributed by atoms with van der Waals surface area (Å²) in [6.07, 6.45) is 2.49. The summed E-state index contributed by atoms with van der Waals surface area (Å²) in [6.45, 7) is 0. The first kappa shape index (κ1) is 9.25. The minimum atomic E-state index is -0.481. The summed E-state index contributed by atoms with van der Waals surface area (Å²) in [5.41, 5.74) is 11.2. The molecule has 0 aliphatic heterocycles. The van der Waals surface area contributed by atoms with Crippen LogP contribution in [0.3, 0.4) is 0 Å². The van der Waals surface area contributed by atoms with Crippen LogP contribution in [-0.4, -0.2) is 19.9 Å². The summed E-state index contributed by atoms with van der Waals surface area (Å²) < 4.78 is 12.9. The molecule has 2 aromatic heterocycles. The zero-order chi connectivity index (χ0) is 10.8. The maximum atomic E-state index is 12.9. The van der Waals surface area contributed by atoms with E-state index in [1.165, 1.54) is 12.3 Å². The largest absolute Gasteiger partial charge is 0.368 e. The number of nitrogens with zero attached hydrogens (tertiary/aromatic N) is 4. The van der Waals surface area contributed by atoms with Crippen LogP contribution in [0.4, 0.5) is 16.3 Å². The van der Waals surface area contributed by atoms with Crippen molar-refractivity contribution in [2.75, 3.05) is 11.5 Å². The summed E-state index contributed by atoms with van der Waals surface area (Å²) in [4.78, 5) is 14.9. The molecule has 0 aliphatic rings. The van der Waals surface area contributed by atoms with E-state index in [4.69, 9.17) is 11.5 Å². The van der Waals surface area contributed by atoms with E-state index < -0.39 is 5.82 Å². The molecule has 0 spiro atoms. The Bertz CT molecular complexity index is 480. The van der Waals surface area contributed by atoms with E-state index in [1.807, 2.05) is 0 Å². The summed E-state index contributed by atoms with van der Waals surface area (Å²) in [5, 5.41) is 0. The third-order valence-corrected chi connectivity index (χ3v) is 1.63. The topological polar surface area (TPSA) is 104 Å². The van der Waals surface area contributed by atoms with E-state index in [2.05, 4.69) is 19.9 Å². The van der Waals surface area contributed by atoms with Gasteiger partial charge in [0, 0.05) is 11.8 Å². The van der Waals surface area contributed by atoms with E-state index in [-0.39, 0.29) is 17.7 Å². The molecule has 0 bridgehead atoms. The maximum absolute atomic E-state index is 12.9. The number of anilines is 2. The second-order valence-corrected chi connectivity index (χ2v) is 2.77. The van der Waals surface area contributed by atoms with Gasteiger partial charge in [-0.25, -0.2) is 4.39 Å². The summed E-state index contributed by atoms with van der Waals surface area (Å²) in [5.74, 6) is -0.305. The molecule has 2 rings (SSSR count). The summed E-state index contributed by atoms with van der Waals surface area (Å²) in [6, 6.07) is 1.24. The van der Waals surface area contributed by atoms with Crippen molar-refractivity contribution in [3.05, 3.63) is 24.3 Å². The Labute approximate surface area is 84.2 Å². The fourth-order valence-electron chi connectivity index (χ4n) is 1.07. The molecule has 76 valence electrons. The lowest BCUT2D eigenvalue weighted by molar-refractivity contribution is 0.622. The molecule has 0 amide bonds. The second kappa shape index (κ2) is 3.45. The minimum Gasteiger partial charge on any atom is -0.368 e. The standard InChI is InChI=1S/C8H7FN6/c9-5-1-4(2-12-3-5)6-13-7(10)15-8(11)14-6/h1-3H,(H4,10,11,13,14,15). The molecule has 0 saturated heterocycles. The maximum Gasteiger partial charge on any atom is 0.225 e. The van der Waals surface area contributed by atoms with Gasteiger partial charge in [0.15, 0.2) is 5.82 Å². The van der Waals surface area contributed by atoms with Crippen molar-refractivity contribution >= 4 is 11.9 Å². The van der Waals surface area contributed by atoms with Crippen LogP contribution in [0, 0.1) is 5.82 Å². The first-order chi connectivity index (χ1) is 7.15. The predicted molar refractivity (Wildman–Crippen MR) is 51.8 cm³/mol. The van der Waals surface area contributed by atoms with Crippen molar-refractivity contribution in [1.29, 1.82) is 0 Å². The lowest BCUT2D eigenvalue weighted by Gasteiger charge is -2.01. The normalized spacial score (nSPS) is 10.2. The van der Waals surface area contributed by atoms with Gasteiger partial charge in [0.1, 0.15) is 5.82 Å². The van der Waals surface area contributed by atoms with Gasteiger partial charge in [-0.05, 0) is 6.07 Å². The number of nitrogens with two attached hydrogens (primary N) is 2. The quantitative estimate of drug-likeness (QED) is 0.692. The van der Waals surface area contributed by atoms with Crippen LogP contribution >= 0.6 is 0 Å². The van der Waals surface area contributed by atoms with Gasteiger partial charge in [-0.1, -0.05) is 0 Å². The highest BCUT2D eigenvalue weighted by atomic mass is 19.1. The third kappa shape index (κ3) is 1.96. The second-order valence-electron chi connectivity index (χ2n) is 2.77. The van der Waals surface area contributed by atoms with Crippen LogP contribution in [-0.2, 0) is 0 Å². The number of hydrogen-bond donors (Lipinski definition) is 2. The van der Waals surface area contributed by atoms with Crippen LogP contribution in [0.5, 0.6) is 0 Å². The average molecular weight is 206 g/mol. The highest BCUT2D eigenvalue weighted by molar-refractivity contribution is 5.55. The van der Waals surface area contributed by atoms with Crippen LogP contribution in [0.15, 0.2) is 18.5 Å². The number of halogens is 1. The smallest absolute Gasteiger partial charge is 0.225 e. The Morgan fingerprint density at radius 1 is 1.00 bits per heavy atom. The fraction of sp³-hybridized carbons (Fsp3) is 0. The van der Waals surface area contributed by atoms with Gasteiger partial charge in [0.05, 0.1) is 6.20 Å². The monoisotopic (exact) mass is 206 g/mol. The first-order valence-electron chi connectivity index (χ1n) is 4.03. The number of aromatic nitrogens is 4. The zero-order valence-electron chi connectivity index (χ0n) is 7.55. The van der Waals surface area contributed by atoms with Crippen molar-refractivity contribution in [3.8, 4) is 11.4 Å². The van der Waals surface area contributed by atoms with Gasteiger partial charge in [0.25, 0.3) is 0 Å². The van der Waals surface area contributed by atoms with Gasteiger partial charge in [-0.15, -0.1) is 0 Å². The van der Waals surface area contributed by atoms with Crippen molar-refractivity contribution in [1.82, 2.24) is 19.9 Å². The zero-order valence-corrected chi connectivity index (χ0v) is 7.55. The Morgan fingerprint density at radius 2 is 1.67 bits per heavy atom. The van der Waals surface area contributed by atoms with Crippen molar-refractivity contribution in [2.45, 2.75) is 0 Å².